The van der Waals surface area contributed by atoms with Crippen molar-refractivity contribution >= 4 is 38.6 Å². The summed E-state index contributed by atoms with van der Waals surface area (Å²) in [5.41, 5.74) is 14.6. The predicted molar refractivity (Wildman–Crippen MR) is 224 cm³/mol. The van der Waals surface area contributed by atoms with Crippen molar-refractivity contribution in [2.75, 3.05) is 4.90 Å². The first-order chi connectivity index (χ1) is 26.2. The van der Waals surface area contributed by atoms with Gasteiger partial charge in [-0.05, 0) is 97.9 Å². The molecule has 0 fully saturated rings. The van der Waals surface area contributed by atoms with Crippen molar-refractivity contribution in [3.63, 3.8) is 0 Å². The molecule has 9 aromatic carbocycles. The average molecular weight is 676 g/mol. The molecule has 0 N–H and O–H groups in total. The van der Waals surface area contributed by atoms with E-state index in [4.69, 9.17) is 0 Å². The number of anilines is 3. The van der Waals surface area contributed by atoms with E-state index in [0.717, 1.165) is 11.4 Å². The summed E-state index contributed by atoms with van der Waals surface area (Å²) in [5, 5.41) is 4.97. The maximum absolute atomic E-state index is 2.47. The second-order valence-electron chi connectivity index (χ2n) is 14.3. The number of hydrogen-bond donors (Lipinski definition) is 0. The second kappa shape index (κ2) is 12.5. The molecule has 0 saturated carbocycles. The molecule has 1 aliphatic rings. The van der Waals surface area contributed by atoms with Gasteiger partial charge in [0.25, 0.3) is 0 Å². The third-order valence-electron chi connectivity index (χ3n) is 11.3. The van der Waals surface area contributed by atoms with Gasteiger partial charge in [0, 0.05) is 22.1 Å². The van der Waals surface area contributed by atoms with E-state index in [1.54, 1.807) is 0 Å². The summed E-state index contributed by atoms with van der Waals surface area (Å²) in [6.45, 7) is 2.39. The van der Waals surface area contributed by atoms with Crippen LogP contribution in [0.3, 0.4) is 0 Å². The van der Waals surface area contributed by atoms with Gasteiger partial charge >= 0.3 is 0 Å². The third kappa shape index (κ3) is 5.08. The molecule has 0 radical (unpaired) electrons. The Morgan fingerprint density at radius 2 is 0.925 bits per heavy atom. The Hall–Kier alpha value is -6.70. The van der Waals surface area contributed by atoms with E-state index in [1.807, 2.05) is 0 Å². The first kappa shape index (κ1) is 31.1. The normalized spacial score (nSPS) is 14.6. The number of nitrogens with zero attached hydrogens (tertiary/aromatic N) is 1. The number of fused-ring (bicyclic) bond motifs is 5. The van der Waals surface area contributed by atoms with Crippen LogP contribution in [0.25, 0.3) is 54.9 Å². The van der Waals surface area contributed by atoms with Crippen LogP contribution in [0.4, 0.5) is 17.1 Å². The van der Waals surface area contributed by atoms with Crippen molar-refractivity contribution in [1.82, 2.24) is 0 Å². The van der Waals surface area contributed by atoms with Gasteiger partial charge in [-0.2, -0.15) is 0 Å². The van der Waals surface area contributed by atoms with Gasteiger partial charge in [-0.15, -0.1) is 0 Å². The molecular formula is C52H37N. The molecule has 1 atom stereocenters. The van der Waals surface area contributed by atoms with Crippen LogP contribution >= 0.6 is 0 Å². The van der Waals surface area contributed by atoms with E-state index in [-0.39, 0.29) is 5.41 Å². The summed E-state index contributed by atoms with van der Waals surface area (Å²) in [4.78, 5) is 2.47. The van der Waals surface area contributed by atoms with Gasteiger partial charge < -0.3 is 4.90 Å². The third-order valence-corrected chi connectivity index (χ3v) is 11.3. The topological polar surface area (TPSA) is 3.24 Å². The van der Waals surface area contributed by atoms with Gasteiger partial charge in [-0.1, -0.05) is 176 Å². The Morgan fingerprint density at radius 3 is 1.72 bits per heavy atom. The fraction of sp³-hybridized carbons (Fsp3) is 0.0385. The fourth-order valence-electron chi connectivity index (χ4n) is 8.63. The van der Waals surface area contributed by atoms with Gasteiger partial charge in [0.15, 0.2) is 0 Å². The molecule has 1 nitrogen and oxygen atoms in total. The van der Waals surface area contributed by atoms with Gasteiger partial charge in [0.1, 0.15) is 0 Å². The van der Waals surface area contributed by atoms with Gasteiger partial charge in [0.05, 0.1) is 11.4 Å². The molecule has 0 aliphatic heterocycles. The predicted octanol–water partition coefficient (Wildman–Crippen LogP) is 14.1. The minimum absolute atomic E-state index is 0.281. The van der Waals surface area contributed by atoms with E-state index in [1.165, 1.54) is 77.3 Å². The average Bonchev–Trinajstić information content (AvgIpc) is 3.50. The number of benzene rings is 9. The lowest BCUT2D eigenvalue weighted by Gasteiger charge is -2.31. The Kier molecular flexibility index (Phi) is 7.33. The monoisotopic (exact) mass is 675 g/mol. The van der Waals surface area contributed by atoms with E-state index < -0.39 is 0 Å². The van der Waals surface area contributed by atoms with E-state index in [0.29, 0.717) is 0 Å². The number of hydrogen-bond acceptors (Lipinski definition) is 1. The van der Waals surface area contributed by atoms with Crippen LogP contribution in [-0.2, 0) is 5.41 Å². The molecular weight excluding hydrogens is 639 g/mol. The molecule has 0 amide bonds. The summed E-state index contributed by atoms with van der Waals surface area (Å²) in [6, 6.07) is 75.5. The Bertz CT molecular complexity index is 2770. The second-order valence-corrected chi connectivity index (χ2v) is 14.3. The van der Waals surface area contributed by atoms with Crippen LogP contribution in [0.15, 0.2) is 206 Å². The molecule has 0 bridgehead atoms. The zero-order valence-electron chi connectivity index (χ0n) is 29.6. The van der Waals surface area contributed by atoms with Crippen LogP contribution in [0.1, 0.15) is 23.6 Å². The van der Waals surface area contributed by atoms with Crippen molar-refractivity contribution in [3.05, 3.63) is 223 Å². The summed E-state index contributed by atoms with van der Waals surface area (Å²) >= 11 is 0. The van der Waals surface area contributed by atoms with Crippen LogP contribution in [-0.4, -0.2) is 0 Å². The lowest BCUT2D eigenvalue weighted by molar-refractivity contribution is 0.714. The smallest absolute Gasteiger partial charge is 0.0543 e. The maximum Gasteiger partial charge on any atom is 0.0543 e. The quantitative estimate of drug-likeness (QED) is 0.170. The Balaban J connectivity index is 1.10. The van der Waals surface area contributed by atoms with E-state index in [2.05, 4.69) is 218 Å². The van der Waals surface area contributed by atoms with Crippen LogP contribution in [0.5, 0.6) is 0 Å². The maximum atomic E-state index is 2.47. The van der Waals surface area contributed by atoms with Crippen molar-refractivity contribution in [1.29, 1.82) is 0 Å². The van der Waals surface area contributed by atoms with Crippen LogP contribution in [0.2, 0.25) is 0 Å². The molecule has 0 aromatic heterocycles. The fourth-order valence-corrected chi connectivity index (χ4v) is 8.63. The van der Waals surface area contributed by atoms with Crippen molar-refractivity contribution in [3.8, 4) is 33.4 Å². The van der Waals surface area contributed by atoms with Crippen molar-refractivity contribution in [2.45, 2.75) is 12.3 Å². The van der Waals surface area contributed by atoms with E-state index in [9.17, 15) is 0 Å². The summed E-state index contributed by atoms with van der Waals surface area (Å²) < 4.78 is 0. The SMILES string of the molecule is CC1(c2ccccc2)c2ccccc2-c2c(N(c3ccc(-c4ccc(-c5ccc6ccccc6c5)cc4)cc3)c3cccc4ccccc34)cccc21. The van der Waals surface area contributed by atoms with Gasteiger partial charge in [0.2, 0.25) is 0 Å². The first-order valence-electron chi connectivity index (χ1n) is 18.4. The highest BCUT2D eigenvalue weighted by atomic mass is 15.1. The van der Waals surface area contributed by atoms with Crippen LogP contribution in [0, 0.1) is 0 Å². The molecule has 0 heterocycles. The molecule has 250 valence electrons. The highest BCUT2D eigenvalue weighted by Gasteiger charge is 2.42. The summed E-state index contributed by atoms with van der Waals surface area (Å²) in [7, 11) is 0. The van der Waals surface area contributed by atoms with Crippen LogP contribution < -0.4 is 4.90 Å². The molecule has 53 heavy (non-hydrogen) atoms. The van der Waals surface area contributed by atoms with Gasteiger partial charge in [-0.3, -0.25) is 0 Å². The van der Waals surface area contributed by atoms with Crippen molar-refractivity contribution in [2.24, 2.45) is 0 Å². The lowest BCUT2D eigenvalue weighted by Crippen LogP contribution is -2.22. The summed E-state index contributed by atoms with van der Waals surface area (Å²) in [5.74, 6) is 0. The zero-order chi connectivity index (χ0) is 35.4. The molecule has 0 saturated heterocycles. The summed E-state index contributed by atoms with van der Waals surface area (Å²) in [6.07, 6.45) is 0. The first-order valence-corrected chi connectivity index (χ1v) is 18.4. The minimum atomic E-state index is -0.281. The van der Waals surface area contributed by atoms with E-state index >= 15 is 0 Å². The lowest BCUT2D eigenvalue weighted by atomic mass is 9.74. The minimum Gasteiger partial charge on any atom is -0.309 e. The van der Waals surface area contributed by atoms with Crippen molar-refractivity contribution < 1.29 is 0 Å². The highest BCUT2D eigenvalue weighted by molar-refractivity contribution is 6.03. The molecule has 1 unspecified atom stereocenters. The molecule has 1 aliphatic carbocycles. The Morgan fingerprint density at radius 1 is 0.377 bits per heavy atom. The number of rotatable bonds is 6. The van der Waals surface area contributed by atoms with Gasteiger partial charge in [-0.25, -0.2) is 0 Å². The standard InChI is InChI=1S/C52H37N/c1-52(43-17-3-2-4-18-43)47-21-10-9-20-46(47)51-48(52)22-12-24-50(51)53(49-23-11-16-40-14-7-8-19-45(40)49)44-33-31-38(32-34-44)37-25-27-39(28-26-37)42-30-29-36-13-5-6-15-41(36)35-42/h2-35H,1H3. The molecule has 0 spiro atoms. The Labute approximate surface area is 311 Å². The molecule has 9 aromatic rings. The molecule has 1 heteroatoms. The zero-order valence-corrected chi connectivity index (χ0v) is 29.6. The molecule has 10 rings (SSSR count). The highest BCUT2D eigenvalue weighted by Crippen LogP contribution is 2.57. The largest absolute Gasteiger partial charge is 0.309 e.